The smallest absolute Gasteiger partial charge is 0.307 e. The van der Waals surface area contributed by atoms with Gasteiger partial charge < -0.3 is 9.84 Å². The summed E-state index contributed by atoms with van der Waals surface area (Å²) >= 11 is 0. The second-order valence-electron chi connectivity index (χ2n) is 10.1. The number of carboxylic acids is 1. The molecule has 1 atom stereocenters. The van der Waals surface area contributed by atoms with E-state index in [-0.39, 0.29) is 13.0 Å². The summed E-state index contributed by atoms with van der Waals surface area (Å²) in [6, 6.07) is 0. The van der Waals surface area contributed by atoms with Gasteiger partial charge in [-0.25, -0.2) is 0 Å². The van der Waals surface area contributed by atoms with Crippen LogP contribution >= 0.6 is 0 Å². The maximum atomic E-state index is 11.6. The van der Waals surface area contributed by atoms with Gasteiger partial charge in [0.05, 0.1) is 12.3 Å². The van der Waals surface area contributed by atoms with Gasteiger partial charge in [-0.3, -0.25) is 9.59 Å². The molecule has 0 spiro atoms. The predicted octanol–water partition coefficient (Wildman–Crippen LogP) is 9.57. The third kappa shape index (κ3) is 25.3. The Hall–Kier alpha value is -1.58. The molecule has 0 aliphatic carbocycles. The molecule has 35 heavy (non-hydrogen) atoms. The Morgan fingerprint density at radius 3 is 1.57 bits per heavy atom. The van der Waals surface area contributed by atoms with Crippen LogP contribution in [-0.4, -0.2) is 23.7 Å². The molecule has 204 valence electrons. The minimum absolute atomic E-state index is 0.0484. The molecule has 0 saturated carbocycles. The van der Waals surface area contributed by atoms with Gasteiger partial charge in [-0.2, -0.15) is 0 Å². The average molecular weight is 493 g/mol. The SMILES string of the molecule is C=CCOC(=O)CC(CCCCCCC/C=C/CCCCCCCCCCCCCCC)C(=O)O. The second kappa shape index (κ2) is 27.0. The highest BCUT2D eigenvalue weighted by molar-refractivity contribution is 5.78. The molecule has 1 N–H and O–H groups in total. The fraction of sp³-hybridized carbons (Fsp3) is 0.806. The van der Waals surface area contributed by atoms with Crippen LogP contribution in [0.25, 0.3) is 0 Å². The number of ether oxygens (including phenoxy) is 1. The van der Waals surface area contributed by atoms with Gasteiger partial charge in [0.15, 0.2) is 0 Å². The number of hydrogen-bond donors (Lipinski definition) is 1. The Balaban J connectivity index is 3.40. The third-order valence-electron chi connectivity index (χ3n) is 6.69. The van der Waals surface area contributed by atoms with E-state index in [0.29, 0.717) is 6.42 Å². The molecular formula is C31H56O4. The zero-order valence-corrected chi connectivity index (χ0v) is 23.0. The first kappa shape index (κ1) is 33.4. The van der Waals surface area contributed by atoms with Crippen LogP contribution in [0.4, 0.5) is 0 Å². The van der Waals surface area contributed by atoms with E-state index in [4.69, 9.17) is 4.74 Å². The van der Waals surface area contributed by atoms with Gasteiger partial charge in [-0.15, -0.1) is 0 Å². The largest absolute Gasteiger partial charge is 0.481 e. The highest BCUT2D eigenvalue weighted by Crippen LogP contribution is 2.17. The molecule has 0 bridgehead atoms. The highest BCUT2D eigenvalue weighted by atomic mass is 16.5. The summed E-state index contributed by atoms with van der Waals surface area (Å²) in [7, 11) is 0. The van der Waals surface area contributed by atoms with Crippen LogP contribution in [0.5, 0.6) is 0 Å². The third-order valence-corrected chi connectivity index (χ3v) is 6.69. The fourth-order valence-electron chi connectivity index (χ4n) is 4.42. The van der Waals surface area contributed by atoms with Crippen molar-refractivity contribution >= 4 is 11.9 Å². The molecule has 0 aromatic carbocycles. The van der Waals surface area contributed by atoms with E-state index in [1.165, 1.54) is 109 Å². The van der Waals surface area contributed by atoms with Crippen LogP contribution in [0, 0.1) is 5.92 Å². The Morgan fingerprint density at radius 2 is 1.14 bits per heavy atom. The van der Waals surface area contributed by atoms with Crippen LogP contribution in [0.15, 0.2) is 24.8 Å². The van der Waals surface area contributed by atoms with E-state index in [1.807, 2.05) is 0 Å². The van der Waals surface area contributed by atoms with Gasteiger partial charge in [-0.05, 0) is 32.1 Å². The van der Waals surface area contributed by atoms with Crippen molar-refractivity contribution in [3.05, 3.63) is 24.8 Å². The topological polar surface area (TPSA) is 63.6 Å². The average Bonchev–Trinajstić information content (AvgIpc) is 2.84. The second-order valence-corrected chi connectivity index (χ2v) is 10.1. The van der Waals surface area contributed by atoms with E-state index in [1.54, 1.807) is 0 Å². The van der Waals surface area contributed by atoms with E-state index in [9.17, 15) is 14.7 Å². The summed E-state index contributed by atoms with van der Waals surface area (Å²) in [5.41, 5.74) is 0. The Morgan fingerprint density at radius 1 is 0.714 bits per heavy atom. The summed E-state index contributed by atoms with van der Waals surface area (Å²) < 4.78 is 4.90. The standard InChI is InChI=1S/C31H56O4/c1-3-5-6-7-8-9-10-11-12-13-14-15-16-17-18-19-20-21-22-23-24-25-26-29(31(33)34)28-30(32)35-27-4-2/h4,18-19,29H,2-3,5-17,20-28H2,1H3,(H,33,34)/b19-18+. The first-order valence-corrected chi connectivity index (χ1v) is 14.8. The first-order valence-electron chi connectivity index (χ1n) is 14.8. The van der Waals surface area contributed by atoms with Gasteiger partial charge in [0, 0.05) is 0 Å². The first-order chi connectivity index (χ1) is 17.1. The fourth-order valence-corrected chi connectivity index (χ4v) is 4.42. The highest BCUT2D eigenvalue weighted by Gasteiger charge is 2.21. The molecule has 0 heterocycles. The monoisotopic (exact) mass is 492 g/mol. The number of hydrogen-bond acceptors (Lipinski definition) is 3. The number of aliphatic carboxylic acids is 1. The molecule has 0 aromatic rings. The number of carboxylic acid groups (broad SMARTS) is 1. The van der Waals surface area contributed by atoms with Crippen LogP contribution < -0.4 is 0 Å². The predicted molar refractivity (Wildman–Crippen MR) is 149 cm³/mol. The number of rotatable bonds is 27. The maximum Gasteiger partial charge on any atom is 0.307 e. The molecule has 0 fully saturated rings. The number of esters is 1. The molecule has 4 heteroatoms. The summed E-state index contributed by atoms with van der Waals surface area (Å²) in [4.78, 5) is 22.9. The molecule has 4 nitrogen and oxygen atoms in total. The van der Waals surface area contributed by atoms with Crippen molar-refractivity contribution in [3.63, 3.8) is 0 Å². The van der Waals surface area contributed by atoms with Crippen molar-refractivity contribution in [2.24, 2.45) is 5.92 Å². The molecule has 0 aliphatic rings. The minimum atomic E-state index is -0.908. The lowest BCUT2D eigenvalue weighted by Crippen LogP contribution is -2.19. The van der Waals surface area contributed by atoms with Crippen molar-refractivity contribution in [2.75, 3.05) is 6.61 Å². The number of allylic oxidation sites excluding steroid dienone is 2. The number of carbonyl (C=O) groups is 2. The zero-order valence-electron chi connectivity index (χ0n) is 23.0. The van der Waals surface area contributed by atoms with Crippen LogP contribution in [0.1, 0.15) is 148 Å². The van der Waals surface area contributed by atoms with Crippen LogP contribution in [-0.2, 0) is 14.3 Å². The minimum Gasteiger partial charge on any atom is -0.481 e. The van der Waals surface area contributed by atoms with Gasteiger partial charge >= 0.3 is 11.9 Å². The van der Waals surface area contributed by atoms with Crippen molar-refractivity contribution in [1.29, 1.82) is 0 Å². The van der Waals surface area contributed by atoms with Crippen LogP contribution in [0.2, 0.25) is 0 Å². The van der Waals surface area contributed by atoms with Crippen molar-refractivity contribution in [2.45, 2.75) is 148 Å². The zero-order chi connectivity index (χ0) is 25.8. The Labute approximate surface area is 217 Å². The van der Waals surface area contributed by atoms with E-state index in [0.717, 1.165) is 25.7 Å². The molecule has 0 amide bonds. The summed E-state index contributed by atoms with van der Waals surface area (Å²) in [6.45, 7) is 5.90. The van der Waals surface area contributed by atoms with Gasteiger partial charge in [0.25, 0.3) is 0 Å². The van der Waals surface area contributed by atoms with Crippen molar-refractivity contribution in [3.8, 4) is 0 Å². The number of carbonyl (C=O) groups excluding carboxylic acids is 1. The summed E-state index contributed by atoms with van der Waals surface area (Å²) in [5.74, 6) is -2.00. The molecule has 0 aromatic heterocycles. The van der Waals surface area contributed by atoms with E-state index >= 15 is 0 Å². The van der Waals surface area contributed by atoms with Crippen molar-refractivity contribution < 1.29 is 19.4 Å². The van der Waals surface area contributed by atoms with Gasteiger partial charge in [-0.1, -0.05) is 134 Å². The lowest BCUT2D eigenvalue weighted by molar-refractivity contribution is -0.151. The molecule has 0 rings (SSSR count). The summed E-state index contributed by atoms with van der Waals surface area (Å²) in [5, 5.41) is 9.28. The maximum absolute atomic E-state index is 11.6. The molecule has 0 aliphatic heterocycles. The Bertz CT molecular complexity index is 526. The van der Waals surface area contributed by atoms with Crippen molar-refractivity contribution in [1.82, 2.24) is 0 Å². The molecule has 0 saturated heterocycles. The molecule has 0 radical (unpaired) electrons. The summed E-state index contributed by atoms with van der Waals surface area (Å²) in [6.07, 6.45) is 32.7. The van der Waals surface area contributed by atoms with E-state index in [2.05, 4.69) is 25.7 Å². The van der Waals surface area contributed by atoms with E-state index < -0.39 is 17.9 Å². The lowest BCUT2D eigenvalue weighted by atomic mass is 9.97. The van der Waals surface area contributed by atoms with Gasteiger partial charge in [0.1, 0.15) is 6.61 Å². The normalized spacial score (nSPS) is 12.1. The molecular weight excluding hydrogens is 436 g/mol. The quantitative estimate of drug-likeness (QED) is 0.0704. The van der Waals surface area contributed by atoms with Gasteiger partial charge in [0.2, 0.25) is 0 Å². The lowest BCUT2D eigenvalue weighted by Gasteiger charge is -2.11. The molecule has 1 unspecified atom stereocenters. The number of unbranched alkanes of at least 4 members (excludes halogenated alkanes) is 18. The Kier molecular flexibility index (Phi) is 25.8. The van der Waals surface area contributed by atoms with Crippen LogP contribution in [0.3, 0.4) is 0 Å².